The number of nitrogens with zero attached hydrogens (tertiary/aromatic N) is 2. The molecular weight excluding hydrogens is 432 g/mol. The molecule has 33 heavy (non-hydrogen) atoms. The number of ether oxygens (including phenoxy) is 1. The lowest BCUT2D eigenvalue weighted by atomic mass is 9.89. The molecule has 0 bridgehead atoms. The maximum absolute atomic E-state index is 13.4. The molecule has 0 radical (unpaired) electrons. The third kappa shape index (κ3) is 4.35. The molecular formula is C27H26N2O3S. The van der Waals surface area contributed by atoms with Gasteiger partial charge in [-0.05, 0) is 73.9 Å². The van der Waals surface area contributed by atoms with E-state index in [9.17, 15) is 9.59 Å². The number of aryl methyl sites for hydroxylation is 2. The first-order chi connectivity index (χ1) is 16.0. The number of fused-ring (bicyclic) bond motifs is 2. The fourth-order valence-corrected chi connectivity index (χ4v) is 5.33. The summed E-state index contributed by atoms with van der Waals surface area (Å²) in [5, 5.41) is 2.72. The molecule has 0 atom stereocenters. The Morgan fingerprint density at radius 2 is 1.85 bits per heavy atom. The van der Waals surface area contributed by atoms with Crippen LogP contribution in [0.2, 0.25) is 0 Å². The van der Waals surface area contributed by atoms with E-state index in [-0.39, 0.29) is 17.6 Å². The highest BCUT2D eigenvalue weighted by atomic mass is 32.1. The van der Waals surface area contributed by atoms with Gasteiger partial charge in [0.2, 0.25) is 0 Å². The van der Waals surface area contributed by atoms with Crippen LogP contribution >= 0.6 is 11.3 Å². The summed E-state index contributed by atoms with van der Waals surface area (Å²) in [6.07, 6.45) is 6.17. The number of thiophene rings is 1. The number of carbonyl (C=O) groups is 1. The molecule has 0 fully saturated rings. The molecule has 168 valence electrons. The number of aromatic nitrogens is 2. The summed E-state index contributed by atoms with van der Waals surface area (Å²) in [5.74, 6) is -0.343. The molecule has 0 saturated heterocycles. The Morgan fingerprint density at radius 3 is 2.61 bits per heavy atom. The summed E-state index contributed by atoms with van der Waals surface area (Å²) < 4.78 is 6.88. The fourth-order valence-electron chi connectivity index (χ4n) is 4.42. The number of hydrogen-bond donors (Lipinski definition) is 0. The molecule has 0 spiro atoms. The molecule has 6 heteroatoms. The van der Waals surface area contributed by atoms with Crippen molar-refractivity contribution in [1.82, 2.24) is 9.55 Å². The lowest BCUT2D eigenvalue weighted by Crippen LogP contribution is -2.21. The first-order valence-corrected chi connectivity index (χ1v) is 12.3. The Morgan fingerprint density at radius 1 is 1.09 bits per heavy atom. The lowest BCUT2D eigenvalue weighted by molar-refractivity contribution is 0.0378. The van der Waals surface area contributed by atoms with E-state index < -0.39 is 0 Å². The molecule has 0 unspecified atom stereocenters. The van der Waals surface area contributed by atoms with E-state index in [1.54, 1.807) is 23.0 Å². The zero-order valence-electron chi connectivity index (χ0n) is 18.8. The summed E-state index contributed by atoms with van der Waals surface area (Å²) in [4.78, 5) is 30.8. The van der Waals surface area contributed by atoms with Crippen molar-refractivity contribution in [3.05, 3.63) is 86.8 Å². The van der Waals surface area contributed by atoms with Gasteiger partial charge < -0.3 is 4.74 Å². The number of carbonyl (C=O) groups excluding carboxylic acids is 1. The maximum Gasteiger partial charge on any atom is 0.338 e. The van der Waals surface area contributed by atoms with E-state index >= 15 is 0 Å². The van der Waals surface area contributed by atoms with Crippen LogP contribution in [0.25, 0.3) is 21.3 Å². The van der Waals surface area contributed by atoms with Crippen LogP contribution < -0.4 is 5.56 Å². The first kappa shape index (κ1) is 21.6. The minimum Gasteiger partial charge on any atom is -0.459 e. The summed E-state index contributed by atoms with van der Waals surface area (Å²) >= 11 is 1.51. The van der Waals surface area contributed by atoms with Crippen molar-refractivity contribution >= 4 is 27.5 Å². The summed E-state index contributed by atoms with van der Waals surface area (Å²) in [6.45, 7) is 4.04. The standard InChI is InChI=1S/C27H26N2O3S/c1-17(2)32-27(31)20-9-7-18(8-10-20)14-29-16-28-25-24(26(29)30)23(15-33-25)22-12-11-19-5-3-4-6-21(19)13-22/h7-13,15-17H,3-6,14H2,1-2H3. The highest BCUT2D eigenvalue weighted by molar-refractivity contribution is 7.17. The number of hydrogen-bond acceptors (Lipinski definition) is 5. The van der Waals surface area contributed by atoms with Crippen LogP contribution in [0.15, 0.2) is 59.0 Å². The van der Waals surface area contributed by atoms with Crippen molar-refractivity contribution in [3.63, 3.8) is 0 Å². The first-order valence-electron chi connectivity index (χ1n) is 11.4. The van der Waals surface area contributed by atoms with Gasteiger partial charge in [0.05, 0.1) is 29.9 Å². The molecule has 0 N–H and O–H groups in total. The van der Waals surface area contributed by atoms with Gasteiger partial charge in [-0.15, -0.1) is 11.3 Å². The van der Waals surface area contributed by atoms with E-state index in [0.29, 0.717) is 17.5 Å². The Balaban J connectivity index is 1.46. The third-order valence-corrected chi connectivity index (χ3v) is 6.99. The van der Waals surface area contributed by atoms with Crippen molar-refractivity contribution < 1.29 is 9.53 Å². The molecule has 5 nitrogen and oxygen atoms in total. The van der Waals surface area contributed by atoms with Gasteiger partial charge in [0.15, 0.2) is 0 Å². The smallest absolute Gasteiger partial charge is 0.338 e. The molecule has 1 aliphatic rings. The van der Waals surface area contributed by atoms with E-state index in [4.69, 9.17) is 4.74 Å². The quantitative estimate of drug-likeness (QED) is 0.364. The van der Waals surface area contributed by atoms with Gasteiger partial charge in [-0.3, -0.25) is 9.36 Å². The predicted octanol–water partition coefficient (Wildman–Crippen LogP) is 5.62. The van der Waals surface area contributed by atoms with Gasteiger partial charge in [-0.1, -0.05) is 30.3 Å². The number of benzene rings is 2. The van der Waals surface area contributed by atoms with Gasteiger partial charge >= 0.3 is 5.97 Å². The van der Waals surface area contributed by atoms with Crippen molar-refractivity contribution in [2.75, 3.05) is 0 Å². The number of esters is 1. The minimum absolute atomic E-state index is 0.0442. The Hall–Kier alpha value is -3.25. The monoisotopic (exact) mass is 458 g/mol. The van der Waals surface area contributed by atoms with Gasteiger partial charge in [0.25, 0.3) is 5.56 Å². The van der Waals surface area contributed by atoms with Crippen molar-refractivity contribution in [1.29, 1.82) is 0 Å². The average molecular weight is 459 g/mol. The molecule has 0 amide bonds. The second-order valence-electron chi connectivity index (χ2n) is 8.85. The van der Waals surface area contributed by atoms with Crippen molar-refractivity contribution in [2.24, 2.45) is 0 Å². The van der Waals surface area contributed by atoms with Gasteiger partial charge in [0.1, 0.15) is 4.83 Å². The van der Waals surface area contributed by atoms with Crippen LogP contribution in [0.1, 0.15) is 53.7 Å². The molecule has 1 aliphatic carbocycles. The predicted molar refractivity (Wildman–Crippen MR) is 132 cm³/mol. The summed E-state index contributed by atoms with van der Waals surface area (Å²) in [5.41, 5.74) is 6.26. The van der Waals surface area contributed by atoms with E-state index in [0.717, 1.165) is 34.4 Å². The van der Waals surface area contributed by atoms with Crippen LogP contribution in [-0.4, -0.2) is 21.6 Å². The largest absolute Gasteiger partial charge is 0.459 e. The normalized spacial score (nSPS) is 13.3. The molecule has 5 rings (SSSR count). The maximum atomic E-state index is 13.4. The van der Waals surface area contributed by atoms with E-state index in [1.807, 2.05) is 31.4 Å². The third-order valence-electron chi connectivity index (χ3n) is 6.11. The van der Waals surface area contributed by atoms with Gasteiger partial charge in [-0.25, -0.2) is 9.78 Å². The van der Waals surface area contributed by atoms with Crippen molar-refractivity contribution in [3.8, 4) is 11.1 Å². The van der Waals surface area contributed by atoms with Crippen LogP contribution in [-0.2, 0) is 24.1 Å². The van der Waals surface area contributed by atoms with Crippen LogP contribution in [0.4, 0.5) is 0 Å². The highest BCUT2D eigenvalue weighted by Crippen LogP contribution is 2.33. The molecule has 0 aliphatic heterocycles. The fraction of sp³-hybridized carbons (Fsp3) is 0.296. The highest BCUT2D eigenvalue weighted by Gasteiger charge is 2.16. The topological polar surface area (TPSA) is 61.2 Å². The SMILES string of the molecule is CC(C)OC(=O)c1ccc(Cn2cnc3scc(-c4ccc5c(c4)CCCC5)c3c2=O)cc1. The van der Waals surface area contributed by atoms with Crippen molar-refractivity contribution in [2.45, 2.75) is 52.2 Å². The van der Waals surface area contributed by atoms with Gasteiger partial charge in [-0.2, -0.15) is 0 Å². The van der Waals surface area contributed by atoms with Crippen LogP contribution in [0.3, 0.4) is 0 Å². The zero-order valence-corrected chi connectivity index (χ0v) is 19.7. The second-order valence-corrected chi connectivity index (χ2v) is 9.71. The molecule has 2 heterocycles. The van der Waals surface area contributed by atoms with E-state index in [1.165, 1.54) is 35.3 Å². The Kier molecular flexibility index (Phi) is 5.85. The summed E-state index contributed by atoms with van der Waals surface area (Å²) in [7, 11) is 0. The van der Waals surface area contributed by atoms with Gasteiger partial charge in [0, 0.05) is 10.9 Å². The summed E-state index contributed by atoms with van der Waals surface area (Å²) in [6, 6.07) is 13.8. The lowest BCUT2D eigenvalue weighted by Gasteiger charge is -2.16. The zero-order chi connectivity index (χ0) is 22.9. The molecule has 2 aromatic carbocycles. The second kappa shape index (κ2) is 8.94. The average Bonchev–Trinajstić information content (AvgIpc) is 3.25. The molecule has 4 aromatic rings. The Bertz CT molecular complexity index is 1380. The molecule has 2 aromatic heterocycles. The molecule has 0 saturated carbocycles. The van der Waals surface area contributed by atoms with Crippen LogP contribution in [0, 0.1) is 0 Å². The Labute approximate surface area is 196 Å². The minimum atomic E-state index is -0.343. The van der Waals surface area contributed by atoms with E-state index in [2.05, 4.69) is 23.2 Å². The number of rotatable bonds is 5. The van der Waals surface area contributed by atoms with Crippen LogP contribution in [0.5, 0.6) is 0 Å².